The summed E-state index contributed by atoms with van der Waals surface area (Å²) in [6.45, 7) is -0.983. The largest absolute Gasteiger partial charge is 0.433 e. The molecule has 0 aliphatic heterocycles. The topological polar surface area (TPSA) is 99.3 Å². The highest BCUT2D eigenvalue weighted by Crippen LogP contribution is 2.29. The Morgan fingerprint density at radius 3 is 2.79 bits per heavy atom. The summed E-state index contributed by atoms with van der Waals surface area (Å²) in [6.07, 6.45) is 1.14. The zero-order valence-electron chi connectivity index (χ0n) is 12.2. The standard InChI is InChI=1S/C13H11ClF2N4O4/c1-2-19-6-9(20(22)23)11(18-19)12(21)17-7-3-4-10(8(14)5-7)24-13(15)16/h3-6,13H,2H2,1H3,(H,17,21). The molecule has 24 heavy (non-hydrogen) atoms. The summed E-state index contributed by atoms with van der Waals surface area (Å²) < 4.78 is 29.8. The Morgan fingerprint density at radius 2 is 2.25 bits per heavy atom. The lowest BCUT2D eigenvalue weighted by molar-refractivity contribution is -0.385. The van der Waals surface area contributed by atoms with Crippen LogP contribution in [0.3, 0.4) is 0 Å². The van der Waals surface area contributed by atoms with Crippen LogP contribution < -0.4 is 10.1 Å². The molecule has 0 radical (unpaired) electrons. The molecule has 0 saturated carbocycles. The van der Waals surface area contributed by atoms with E-state index in [9.17, 15) is 23.7 Å². The second kappa shape index (κ2) is 7.21. The van der Waals surface area contributed by atoms with Crippen LogP contribution in [0.25, 0.3) is 0 Å². The van der Waals surface area contributed by atoms with Gasteiger partial charge in [0.25, 0.3) is 5.91 Å². The normalized spacial score (nSPS) is 10.7. The van der Waals surface area contributed by atoms with Gasteiger partial charge < -0.3 is 10.1 Å². The number of rotatable bonds is 6. The summed E-state index contributed by atoms with van der Waals surface area (Å²) in [5.74, 6) is -1.08. The fourth-order valence-corrected chi connectivity index (χ4v) is 2.05. The minimum Gasteiger partial charge on any atom is -0.433 e. The van der Waals surface area contributed by atoms with Gasteiger partial charge in [-0.3, -0.25) is 19.6 Å². The van der Waals surface area contributed by atoms with Gasteiger partial charge in [-0.15, -0.1) is 0 Å². The van der Waals surface area contributed by atoms with Crippen molar-refractivity contribution in [3.8, 4) is 5.75 Å². The number of aromatic nitrogens is 2. The first-order chi connectivity index (χ1) is 11.3. The number of hydrogen-bond donors (Lipinski definition) is 1. The number of carbonyl (C=O) groups is 1. The molecular weight excluding hydrogens is 350 g/mol. The third-order valence-electron chi connectivity index (χ3n) is 2.88. The number of aryl methyl sites for hydroxylation is 1. The van der Waals surface area contributed by atoms with Gasteiger partial charge in [0.15, 0.2) is 0 Å². The number of ether oxygens (including phenoxy) is 1. The maximum absolute atomic E-state index is 12.2. The molecule has 11 heteroatoms. The zero-order chi connectivity index (χ0) is 17.9. The Kier molecular flexibility index (Phi) is 5.29. The van der Waals surface area contributed by atoms with E-state index in [2.05, 4.69) is 15.2 Å². The molecule has 0 saturated heterocycles. The first-order valence-electron chi connectivity index (χ1n) is 6.59. The fourth-order valence-electron chi connectivity index (χ4n) is 1.83. The molecule has 0 aliphatic rings. The van der Waals surface area contributed by atoms with Crippen LogP contribution >= 0.6 is 11.6 Å². The second-order valence-electron chi connectivity index (χ2n) is 4.45. The van der Waals surface area contributed by atoms with E-state index in [0.717, 1.165) is 12.3 Å². The van der Waals surface area contributed by atoms with Crippen LogP contribution in [0, 0.1) is 10.1 Å². The van der Waals surface area contributed by atoms with E-state index in [1.54, 1.807) is 6.92 Å². The van der Waals surface area contributed by atoms with Crippen molar-refractivity contribution in [2.45, 2.75) is 20.1 Å². The second-order valence-corrected chi connectivity index (χ2v) is 4.86. The minimum absolute atomic E-state index is 0.145. The third kappa shape index (κ3) is 3.96. The Balaban J connectivity index is 2.22. The van der Waals surface area contributed by atoms with Gasteiger partial charge in [-0.2, -0.15) is 13.9 Å². The molecule has 1 amide bonds. The summed E-state index contributed by atoms with van der Waals surface area (Å²) >= 11 is 5.77. The first-order valence-corrected chi connectivity index (χ1v) is 6.97. The molecule has 0 fully saturated rings. The van der Waals surface area contributed by atoms with Crippen LogP contribution in [-0.2, 0) is 6.54 Å². The maximum Gasteiger partial charge on any atom is 0.387 e. The maximum atomic E-state index is 12.2. The van der Waals surface area contributed by atoms with Gasteiger partial charge in [0.05, 0.1) is 9.95 Å². The lowest BCUT2D eigenvalue weighted by atomic mass is 10.2. The summed E-state index contributed by atoms with van der Waals surface area (Å²) in [6, 6.07) is 3.59. The minimum atomic E-state index is -3.04. The molecular formula is C13H11ClF2N4O4. The van der Waals surface area contributed by atoms with Gasteiger partial charge in [0.1, 0.15) is 11.9 Å². The van der Waals surface area contributed by atoms with Crippen molar-refractivity contribution in [2.24, 2.45) is 0 Å². The van der Waals surface area contributed by atoms with Gasteiger partial charge in [0.2, 0.25) is 5.69 Å². The molecule has 1 N–H and O–H groups in total. The van der Waals surface area contributed by atoms with Crippen molar-refractivity contribution in [3.63, 3.8) is 0 Å². The van der Waals surface area contributed by atoms with Crippen molar-refractivity contribution in [1.29, 1.82) is 0 Å². The average Bonchev–Trinajstić information content (AvgIpc) is 2.94. The number of nitro groups is 1. The van der Waals surface area contributed by atoms with Crippen LogP contribution in [0.15, 0.2) is 24.4 Å². The van der Waals surface area contributed by atoms with E-state index in [1.165, 1.54) is 16.8 Å². The molecule has 0 atom stereocenters. The first kappa shape index (κ1) is 17.6. The number of benzene rings is 1. The zero-order valence-corrected chi connectivity index (χ0v) is 13.0. The SMILES string of the molecule is CCn1cc([N+](=O)[O-])c(C(=O)Nc2ccc(OC(F)F)c(Cl)c2)n1. The molecule has 0 aliphatic carbocycles. The van der Waals surface area contributed by atoms with Crippen LogP contribution in [0.2, 0.25) is 5.02 Å². The number of halogens is 3. The van der Waals surface area contributed by atoms with Crippen molar-refractivity contribution < 1.29 is 23.2 Å². The van der Waals surface area contributed by atoms with Gasteiger partial charge in [-0.25, -0.2) is 0 Å². The van der Waals surface area contributed by atoms with E-state index in [4.69, 9.17) is 11.6 Å². The molecule has 2 aromatic rings. The van der Waals surface area contributed by atoms with Crippen LogP contribution in [-0.4, -0.2) is 27.2 Å². The average molecular weight is 361 g/mol. The van der Waals surface area contributed by atoms with Gasteiger partial charge >= 0.3 is 12.3 Å². The Bertz CT molecular complexity index is 781. The van der Waals surface area contributed by atoms with E-state index >= 15 is 0 Å². The van der Waals surface area contributed by atoms with Crippen molar-refractivity contribution in [2.75, 3.05) is 5.32 Å². The van der Waals surface area contributed by atoms with Gasteiger partial charge in [-0.05, 0) is 25.1 Å². The quantitative estimate of drug-likeness (QED) is 0.629. The van der Waals surface area contributed by atoms with Crippen LogP contribution in [0.5, 0.6) is 5.75 Å². The Morgan fingerprint density at radius 1 is 1.54 bits per heavy atom. The number of hydrogen-bond acceptors (Lipinski definition) is 5. The molecule has 128 valence electrons. The van der Waals surface area contributed by atoms with E-state index in [0.29, 0.717) is 6.54 Å². The lowest BCUT2D eigenvalue weighted by Gasteiger charge is -2.09. The molecule has 1 aromatic heterocycles. The molecule has 0 bridgehead atoms. The van der Waals surface area contributed by atoms with Gasteiger partial charge in [-0.1, -0.05) is 11.6 Å². The molecule has 1 aromatic carbocycles. The van der Waals surface area contributed by atoms with E-state index < -0.39 is 23.1 Å². The van der Waals surface area contributed by atoms with Crippen LogP contribution in [0.1, 0.15) is 17.4 Å². The summed E-state index contributed by atoms with van der Waals surface area (Å²) in [5.41, 5.74) is -0.670. The monoisotopic (exact) mass is 360 g/mol. The third-order valence-corrected chi connectivity index (χ3v) is 3.18. The summed E-state index contributed by atoms with van der Waals surface area (Å²) in [7, 11) is 0. The predicted molar refractivity (Wildman–Crippen MR) is 80.6 cm³/mol. The number of nitrogens with zero attached hydrogens (tertiary/aromatic N) is 3. The van der Waals surface area contributed by atoms with Crippen molar-refractivity contribution in [3.05, 3.63) is 45.2 Å². The van der Waals surface area contributed by atoms with E-state index in [1.807, 2.05) is 0 Å². The van der Waals surface area contributed by atoms with Crippen molar-refractivity contribution in [1.82, 2.24) is 9.78 Å². The number of carbonyl (C=O) groups excluding carboxylic acids is 1. The van der Waals surface area contributed by atoms with Crippen molar-refractivity contribution >= 4 is 28.9 Å². The number of nitrogens with one attached hydrogen (secondary N) is 1. The number of amides is 1. The van der Waals surface area contributed by atoms with E-state index in [-0.39, 0.29) is 22.2 Å². The van der Waals surface area contributed by atoms with Crippen LogP contribution in [0.4, 0.5) is 20.2 Å². The molecule has 2 rings (SSSR count). The molecule has 1 heterocycles. The number of alkyl halides is 2. The Hall–Kier alpha value is -2.75. The van der Waals surface area contributed by atoms with Gasteiger partial charge in [0, 0.05) is 12.2 Å². The molecule has 0 unspecified atom stereocenters. The summed E-state index contributed by atoms with van der Waals surface area (Å²) in [4.78, 5) is 22.4. The predicted octanol–water partition coefficient (Wildman–Crippen LogP) is 3.32. The highest BCUT2D eigenvalue weighted by atomic mass is 35.5. The number of anilines is 1. The molecule has 8 nitrogen and oxygen atoms in total. The smallest absolute Gasteiger partial charge is 0.387 e. The Labute approximate surface area is 139 Å². The fraction of sp³-hybridized carbons (Fsp3) is 0.231. The highest BCUT2D eigenvalue weighted by molar-refractivity contribution is 6.32. The highest BCUT2D eigenvalue weighted by Gasteiger charge is 2.25. The summed E-state index contributed by atoms with van der Waals surface area (Å²) in [5, 5.41) is 17.0. The lowest BCUT2D eigenvalue weighted by Crippen LogP contribution is -2.15. The molecule has 0 spiro atoms.